The summed E-state index contributed by atoms with van der Waals surface area (Å²) in [6, 6.07) is 0.271. The van der Waals surface area contributed by atoms with Gasteiger partial charge in [0.2, 0.25) is 10.0 Å². The molecule has 0 aliphatic carbocycles. The molecule has 1 rings (SSSR count). The number of anilines is 1. The molecule has 0 aromatic heterocycles. The third kappa shape index (κ3) is 3.64. The molecule has 0 aliphatic rings. The number of nitrogens with two attached hydrogens (primary N) is 1. The predicted molar refractivity (Wildman–Crippen MR) is 81.4 cm³/mol. The fraction of sp³-hybridized carbons (Fsp3) is 0.333. The zero-order chi connectivity index (χ0) is 15.5. The molecule has 20 heavy (non-hydrogen) atoms. The highest BCUT2D eigenvalue weighted by Crippen LogP contribution is 2.34. The van der Waals surface area contributed by atoms with Crippen LogP contribution in [0.3, 0.4) is 0 Å². The van der Waals surface area contributed by atoms with Gasteiger partial charge in [-0.05, 0) is 28.4 Å². The van der Waals surface area contributed by atoms with Crippen molar-refractivity contribution >= 4 is 43.2 Å². The van der Waals surface area contributed by atoms with Crippen molar-refractivity contribution in [2.45, 2.75) is 30.7 Å². The van der Waals surface area contributed by atoms with Gasteiger partial charge in [-0.2, -0.15) is 4.72 Å². The number of halogens is 3. The Labute approximate surface area is 131 Å². The smallest absolute Gasteiger partial charge is 0.244 e. The topological polar surface area (TPSA) is 72.2 Å². The molecule has 0 saturated heterocycles. The van der Waals surface area contributed by atoms with Crippen molar-refractivity contribution in [3.63, 3.8) is 0 Å². The number of hydrogen-bond acceptors (Lipinski definition) is 3. The van der Waals surface area contributed by atoms with E-state index in [1.807, 2.05) is 6.92 Å². The molecular formula is C12H13BrClFN2O2S. The molecule has 0 aliphatic heterocycles. The van der Waals surface area contributed by atoms with Gasteiger partial charge in [0, 0.05) is 0 Å². The van der Waals surface area contributed by atoms with Crippen LogP contribution in [0.15, 0.2) is 15.4 Å². The SMILES string of the molecule is C#CC(CCC)NS(=O)(=O)c1cc(Cl)c(Br)c(N)c1F. The fourth-order valence-electron chi connectivity index (χ4n) is 1.51. The molecule has 8 heteroatoms. The second-order valence-corrected chi connectivity index (χ2v) is 6.91. The molecular weight excluding hydrogens is 371 g/mol. The van der Waals surface area contributed by atoms with Gasteiger partial charge in [0.1, 0.15) is 4.90 Å². The Morgan fingerprint density at radius 3 is 2.75 bits per heavy atom. The van der Waals surface area contributed by atoms with Crippen LogP contribution >= 0.6 is 27.5 Å². The van der Waals surface area contributed by atoms with Crippen molar-refractivity contribution in [3.8, 4) is 12.3 Å². The number of rotatable bonds is 5. The van der Waals surface area contributed by atoms with Crippen LogP contribution in [0.4, 0.5) is 10.1 Å². The Kier molecular flexibility index (Phi) is 5.83. The quantitative estimate of drug-likeness (QED) is 0.466. The average molecular weight is 384 g/mol. The Bertz CT molecular complexity index is 658. The number of terminal acetylenes is 1. The van der Waals surface area contributed by atoms with Crippen molar-refractivity contribution < 1.29 is 12.8 Å². The fourth-order valence-corrected chi connectivity index (χ4v) is 3.38. The summed E-state index contributed by atoms with van der Waals surface area (Å²) in [7, 11) is -4.14. The molecule has 0 spiro atoms. The van der Waals surface area contributed by atoms with Crippen LogP contribution < -0.4 is 10.5 Å². The number of benzene rings is 1. The second-order valence-electron chi connectivity index (χ2n) is 4.03. The molecule has 0 fully saturated rings. The molecule has 0 heterocycles. The third-order valence-corrected chi connectivity index (χ3v) is 5.37. The van der Waals surface area contributed by atoms with Crippen molar-refractivity contribution in [2.24, 2.45) is 0 Å². The maximum Gasteiger partial charge on any atom is 0.244 e. The van der Waals surface area contributed by atoms with Crippen molar-refractivity contribution in [1.29, 1.82) is 0 Å². The first-order chi connectivity index (χ1) is 9.24. The first kappa shape index (κ1) is 17.2. The summed E-state index contributed by atoms with van der Waals surface area (Å²) >= 11 is 8.78. The lowest BCUT2D eigenvalue weighted by molar-refractivity contribution is 0.547. The largest absolute Gasteiger partial charge is 0.395 e. The monoisotopic (exact) mass is 382 g/mol. The molecule has 1 aromatic carbocycles. The first-order valence-electron chi connectivity index (χ1n) is 5.66. The van der Waals surface area contributed by atoms with E-state index in [1.54, 1.807) is 0 Å². The van der Waals surface area contributed by atoms with Gasteiger partial charge < -0.3 is 5.73 Å². The third-order valence-electron chi connectivity index (χ3n) is 2.52. The molecule has 1 aromatic rings. The maximum absolute atomic E-state index is 14.0. The van der Waals surface area contributed by atoms with Crippen LogP contribution in [0, 0.1) is 18.2 Å². The van der Waals surface area contributed by atoms with Gasteiger partial charge in [0.25, 0.3) is 0 Å². The van der Waals surface area contributed by atoms with Gasteiger partial charge in [-0.1, -0.05) is 30.9 Å². The summed E-state index contributed by atoms with van der Waals surface area (Å²) in [5.41, 5.74) is 5.09. The summed E-state index contributed by atoms with van der Waals surface area (Å²) in [6.45, 7) is 1.85. The van der Waals surface area contributed by atoms with Gasteiger partial charge in [0.05, 0.1) is 21.2 Å². The normalized spacial score (nSPS) is 12.9. The van der Waals surface area contributed by atoms with E-state index in [0.717, 1.165) is 6.07 Å². The number of sulfonamides is 1. The van der Waals surface area contributed by atoms with Crippen LogP contribution in [-0.2, 0) is 10.0 Å². The summed E-state index contributed by atoms with van der Waals surface area (Å²) in [5.74, 6) is 1.23. The van der Waals surface area contributed by atoms with E-state index in [0.29, 0.717) is 12.8 Å². The van der Waals surface area contributed by atoms with Crippen LogP contribution in [0.1, 0.15) is 19.8 Å². The van der Waals surface area contributed by atoms with Crippen LogP contribution in [0.25, 0.3) is 0 Å². The molecule has 0 bridgehead atoms. The Hall–Kier alpha value is -0.810. The molecule has 1 unspecified atom stereocenters. The minimum atomic E-state index is -4.14. The number of nitrogen functional groups attached to an aromatic ring is 1. The molecule has 0 saturated carbocycles. The lowest BCUT2D eigenvalue weighted by Crippen LogP contribution is -2.34. The molecule has 0 radical (unpaired) electrons. The lowest BCUT2D eigenvalue weighted by atomic mass is 10.2. The Balaban J connectivity index is 3.27. The minimum absolute atomic E-state index is 0.00276. The van der Waals surface area contributed by atoms with Crippen LogP contribution in [-0.4, -0.2) is 14.5 Å². The number of hydrogen-bond donors (Lipinski definition) is 2. The molecule has 0 amide bonds. The van der Waals surface area contributed by atoms with E-state index in [9.17, 15) is 12.8 Å². The molecule has 4 nitrogen and oxygen atoms in total. The van der Waals surface area contributed by atoms with E-state index in [1.165, 1.54) is 0 Å². The highest BCUT2D eigenvalue weighted by Gasteiger charge is 2.26. The van der Waals surface area contributed by atoms with Gasteiger partial charge in [-0.3, -0.25) is 0 Å². The van der Waals surface area contributed by atoms with Crippen LogP contribution in [0.2, 0.25) is 5.02 Å². The average Bonchev–Trinajstić information content (AvgIpc) is 2.39. The van der Waals surface area contributed by atoms with E-state index in [4.69, 9.17) is 23.8 Å². The minimum Gasteiger partial charge on any atom is -0.395 e. The zero-order valence-electron chi connectivity index (χ0n) is 10.6. The first-order valence-corrected chi connectivity index (χ1v) is 8.31. The summed E-state index contributed by atoms with van der Waals surface area (Å²) in [6.07, 6.45) is 6.36. The van der Waals surface area contributed by atoms with E-state index < -0.39 is 26.8 Å². The Morgan fingerprint density at radius 1 is 1.65 bits per heavy atom. The van der Waals surface area contributed by atoms with E-state index in [2.05, 4.69) is 26.6 Å². The van der Waals surface area contributed by atoms with Gasteiger partial charge >= 0.3 is 0 Å². The van der Waals surface area contributed by atoms with Crippen molar-refractivity contribution in [3.05, 3.63) is 21.4 Å². The number of nitrogens with one attached hydrogen (secondary N) is 1. The zero-order valence-corrected chi connectivity index (χ0v) is 13.7. The summed E-state index contributed by atoms with van der Waals surface area (Å²) < 4.78 is 40.6. The van der Waals surface area contributed by atoms with E-state index >= 15 is 0 Å². The predicted octanol–water partition coefficient (Wildman–Crippen LogP) is 2.90. The second kappa shape index (κ2) is 6.76. The van der Waals surface area contributed by atoms with Crippen LogP contribution in [0.5, 0.6) is 0 Å². The lowest BCUT2D eigenvalue weighted by Gasteiger charge is -2.14. The van der Waals surface area contributed by atoms with Crippen molar-refractivity contribution in [1.82, 2.24) is 4.72 Å². The van der Waals surface area contributed by atoms with Gasteiger partial charge in [-0.15, -0.1) is 6.42 Å². The summed E-state index contributed by atoms with van der Waals surface area (Å²) in [5, 5.41) is -0.00276. The molecule has 3 N–H and O–H groups in total. The molecule has 1 atom stereocenters. The molecule has 110 valence electrons. The standard InChI is InChI=1S/C12H13BrClFN2O2S/c1-3-5-7(4-2)17-20(18,19)9-6-8(14)10(13)12(16)11(9)15/h2,6-7,17H,3,5,16H2,1H3. The maximum atomic E-state index is 14.0. The highest BCUT2D eigenvalue weighted by atomic mass is 79.9. The van der Waals surface area contributed by atoms with Gasteiger partial charge in [-0.25, -0.2) is 12.8 Å². The van der Waals surface area contributed by atoms with E-state index in [-0.39, 0.29) is 15.2 Å². The highest BCUT2D eigenvalue weighted by molar-refractivity contribution is 9.10. The Morgan fingerprint density at radius 2 is 2.25 bits per heavy atom. The summed E-state index contributed by atoms with van der Waals surface area (Å²) in [4.78, 5) is -0.625. The van der Waals surface area contributed by atoms with Gasteiger partial charge in [0.15, 0.2) is 5.82 Å². The van der Waals surface area contributed by atoms with Crippen molar-refractivity contribution in [2.75, 3.05) is 5.73 Å².